The molecular formula is C24H26N4OS. The topological polar surface area (TPSA) is 59.8 Å². The standard InChI is InChI=1S/C24H26N4OS/c1-16(23(29)25-21-13-7-9-17-8-5-6-12-20(17)21)30-24-27-26-22(18-14-15-18)28(24)19-10-3-2-4-11-19/h2-6,8,10-12,16,18,21H,7,9,13-15H2,1H3,(H,25,29)/t16-,21+/m0/s1. The fourth-order valence-electron chi connectivity index (χ4n) is 4.19. The summed E-state index contributed by atoms with van der Waals surface area (Å²) in [7, 11) is 0. The third-order valence-electron chi connectivity index (χ3n) is 5.95. The van der Waals surface area contributed by atoms with Gasteiger partial charge in [0, 0.05) is 11.6 Å². The Bertz CT molecular complexity index is 1040. The van der Waals surface area contributed by atoms with Gasteiger partial charge in [-0.25, -0.2) is 0 Å². The highest BCUT2D eigenvalue weighted by atomic mass is 32.2. The number of aromatic nitrogens is 3. The largest absolute Gasteiger partial charge is 0.348 e. The smallest absolute Gasteiger partial charge is 0.233 e. The first-order valence-electron chi connectivity index (χ1n) is 10.8. The van der Waals surface area contributed by atoms with Crippen molar-refractivity contribution in [2.75, 3.05) is 0 Å². The molecule has 0 bridgehead atoms. The van der Waals surface area contributed by atoms with Gasteiger partial charge in [-0.3, -0.25) is 9.36 Å². The number of carbonyl (C=O) groups excluding carboxylic acids is 1. The van der Waals surface area contributed by atoms with Crippen LogP contribution in [0.2, 0.25) is 0 Å². The highest BCUT2D eigenvalue weighted by Gasteiger charge is 2.32. The predicted octanol–water partition coefficient (Wildman–Crippen LogP) is 4.82. The van der Waals surface area contributed by atoms with Crippen molar-refractivity contribution < 1.29 is 4.79 Å². The predicted molar refractivity (Wildman–Crippen MR) is 119 cm³/mol. The average molecular weight is 419 g/mol. The molecule has 6 heteroatoms. The first kappa shape index (κ1) is 19.4. The number of fused-ring (bicyclic) bond motifs is 1. The molecule has 0 spiro atoms. The van der Waals surface area contributed by atoms with E-state index in [1.165, 1.54) is 22.9 Å². The highest BCUT2D eigenvalue weighted by Crippen LogP contribution is 2.41. The first-order valence-corrected chi connectivity index (χ1v) is 11.6. The van der Waals surface area contributed by atoms with Gasteiger partial charge in [-0.05, 0) is 62.3 Å². The van der Waals surface area contributed by atoms with E-state index in [1.54, 1.807) is 0 Å². The molecule has 2 aromatic carbocycles. The Kier molecular flexibility index (Phi) is 5.34. The Hall–Kier alpha value is -2.60. The van der Waals surface area contributed by atoms with Crippen LogP contribution in [0.15, 0.2) is 59.8 Å². The van der Waals surface area contributed by atoms with Crippen molar-refractivity contribution >= 4 is 17.7 Å². The summed E-state index contributed by atoms with van der Waals surface area (Å²) in [6.45, 7) is 1.95. The van der Waals surface area contributed by atoms with Crippen molar-refractivity contribution in [1.29, 1.82) is 0 Å². The van der Waals surface area contributed by atoms with Crippen LogP contribution in [0.25, 0.3) is 5.69 Å². The molecule has 1 aromatic heterocycles. The van der Waals surface area contributed by atoms with E-state index in [1.807, 2.05) is 25.1 Å². The van der Waals surface area contributed by atoms with Crippen molar-refractivity contribution in [3.8, 4) is 5.69 Å². The van der Waals surface area contributed by atoms with Gasteiger partial charge in [0.2, 0.25) is 5.91 Å². The maximum absolute atomic E-state index is 13.0. The van der Waals surface area contributed by atoms with Crippen LogP contribution >= 0.6 is 11.8 Å². The Balaban J connectivity index is 1.34. The third kappa shape index (κ3) is 3.88. The molecule has 2 aliphatic carbocycles. The molecule has 1 amide bonds. The second-order valence-corrected chi connectivity index (χ2v) is 9.51. The summed E-state index contributed by atoms with van der Waals surface area (Å²) in [5.41, 5.74) is 3.67. The molecule has 1 N–H and O–H groups in total. The number of nitrogens with zero attached hydrogens (tertiary/aromatic N) is 3. The lowest BCUT2D eigenvalue weighted by Crippen LogP contribution is -2.36. The molecular weight excluding hydrogens is 392 g/mol. The van der Waals surface area contributed by atoms with Gasteiger partial charge in [0.1, 0.15) is 5.82 Å². The summed E-state index contributed by atoms with van der Waals surface area (Å²) < 4.78 is 2.13. The Morgan fingerprint density at radius 2 is 1.83 bits per heavy atom. The van der Waals surface area contributed by atoms with E-state index in [9.17, 15) is 4.79 Å². The summed E-state index contributed by atoms with van der Waals surface area (Å²) in [4.78, 5) is 13.0. The molecule has 5 rings (SSSR count). The van der Waals surface area contributed by atoms with E-state index >= 15 is 0 Å². The molecule has 0 saturated heterocycles. The van der Waals surface area contributed by atoms with Crippen LogP contribution in [0.1, 0.15) is 61.5 Å². The summed E-state index contributed by atoms with van der Waals surface area (Å²) in [5.74, 6) is 1.55. The number of rotatable bonds is 6. The van der Waals surface area contributed by atoms with E-state index in [0.717, 1.165) is 48.8 Å². The van der Waals surface area contributed by atoms with Gasteiger partial charge in [-0.1, -0.05) is 54.2 Å². The number of hydrogen-bond donors (Lipinski definition) is 1. The second-order valence-electron chi connectivity index (χ2n) is 8.20. The maximum Gasteiger partial charge on any atom is 0.233 e. The van der Waals surface area contributed by atoms with Gasteiger partial charge in [0.15, 0.2) is 5.16 Å². The van der Waals surface area contributed by atoms with E-state index in [4.69, 9.17) is 0 Å². The quantitative estimate of drug-likeness (QED) is 0.583. The fraction of sp³-hybridized carbons (Fsp3) is 0.375. The molecule has 5 nitrogen and oxygen atoms in total. The molecule has 0 radical (unpaired) electrons. The SMILES string of the molecule is C[C@H](Sc1nnc(C2CC2)n1-c1ccccc1)C(=O)N[C@@H]1CCCc2ccccc21. The molecule has 2 aliphatic rings. The van der Waals surface area contributed by atoms with Crippen LogP contribution in [0.4, 0.5) is 0 Å². The van der Waals surface area contributed by atoms with Gasteiger partial charge in [-0.15, -0.1) is 10.2 Å². The second kappa shape index (κ2) is 8.26. The van der Waals surface area contributed by atoms with E-state index < -0.39 is 0 Å². The van der Waals surface area contributed by atoms with Crippen molar-refractivity contribution in [1.82, 2.24) is 20.1 Å². The zero-order chi connectivity index (χ0) is 20.5. The number of aryl methyl sites for hydroxylation is 1. The lowest BCUT2D eigenvalue weighted by molar-refractivity contribution is -0.121. The van der Waals surface area contributed by atoms with Gasteiger partial charge in [-0.2, -0.15) is 0 Å². The van der Waals surface area contributed by atoms with Crippen LogP contribution in [0.5, 0.6) is 0 Å². The molecule has 30 heavy (non-hydrogen) atoms. The number of hydrogen-bond acceptors (Lipinski definition) is 4. The van der Waals surface area contributed by atoms with Gasteiger partial charge in [0.25, 0.3) is 0 Å². The number of para-hydroxylation sites is 1. The van der Waals surface area contributed by atoms with Gasteiger partial charge >= 0.3 is 0 Å². The van der Waals surface area contributed by atoms with Crippen molar-refractivity contribution in [3.63, 3.8) is 0 Å². The summed E-state index contributed by atoms with van der Waals surface area (Å²) in [5, 5.41) is 12.7. The monoisotopic (exact) mass is 418 g/mol. The summed E-state index contributed by atoms with van der Waals surface area (Å²) >= 11 is 1.49. The van der Waals surface area contributed by atoms with Crippen LogP contribution < -0.4 is 5.32 Å². The first-order chi connectivity index (χ1) is 14.7. The molecule has 1 fully saturated rings. The fourth-order valence-corrected chi connectivity index (χ4v) is 5.07. The lowest BCUT2D eigenvalue weighted by Gasteiger charge is -2.27. The van der Waals surface area contributed by atoms with Gasteiger partial charge in [0.05, 0.1) is 11.3 Å². The van der Waals surface area contributed by atoms with Crippen molar-refractivity contribution in [2.24, 2.45) is 0 Å². The van der Waals surface area contributed by atoms with Crippen LogP contribution in [0.3, 0.4) is 0 Å². The average Bonchev–Trinajstić information content (AvgIpc) is 3.55. The Labute approximate surface area is 181 Å². The number of amides is 1. The molecule has 1 heterocycles. The normalized spacial score (nSPS) is 19.2. The highest BCUT2D eigenvalue weighted by molar-refractivity contribution is 8.00. The van der Waals surface area contributed by atoms with Crippen molar-refractivity contribution in [3.05, 3.63) is 71.5 Å². The zero-order valence-corrected chi connectivity index (χ0v) is 17.9. The molecule has 3 aromatic rings. The summed E-state index contributed by atoms with van der Waals surface area (Å²) in [6.07, 6.45) is 5.51. The van der Waals surface area contributed by atoms with E-state index in [2.05, 4.69) is 56.5 Å². The lowest BCUT2D eigenvalue weighted by atomic mass is 9.88. The molecule has 2 atom stereocenters. The van der Waals surface area contributed by atoms with E-state index in [0.29, 0.717) is 5.92 Å². The van der Waals surface area contributed by atoms with Crippen LogP contribution in [0, 0.1) is 0 Å². The van der Waals surface area contributed by atoms with E-state index in [-0.39, 0.29) is 17.2 Å². The number of carbonyl (C=O) groups is 1. The van der Waals surface area contributed by atoms with Crippen molar-refractivity contribution in [2.45, 2.75) is 61.4 Å². The number of thioether (sulfide) groups is 1. The minimum atomic E-state index is -0.252. The molecule has 0 aliphatic heterocycles. The van der Waals surface area contributed by atoms with Crippen LogP contribution in [-0.2, 0) is 11.2 Å². The zero-order valence-electron chi connectivity index (χ0n) is 17.1. The molecule has 154 valence electrons. The Morgan fingerprint density at radius 3 is 2.63 bits per heavy atom. The van der Waals surface area contributed by atoms with Crippen LogP contribution in [-0.4, -0.2) is 25.9 Å². The summed E-state index contributed by atoms with van der Waals surface area (Å²) in [6, 6.07) is 18.8. The third-order valence-corrected chi connectivity index (χ3v) is 7.00. The molecule has 1 saturated carbocycles. The molecule has 0 unspecified atom stereocenters. The Morgan fingerprint density at radius 1 is 1.07 bits per heavy atom. The number of nitrogens with one attached hydrogen (secondary N) is 1. The minimum absolute atomic E-state index is 0.0530. The number of benzene rings is 2. The van der Waals surface area contributed by atoms with Gasteiger partial charge < -0.3 is 5.32 Å². The maximum atomic E-state index is 13.0. The minimum Gasteiger partial charge on any atom is -0.348 e.